The van der Waals surface area contributed by atoms with Gasteiger partial charge in [-0.1, -0.05) is 270 Å². The lowest BCUT2D eigenvalue weighted by Gasteiger charge is -2.21. The molecule has 0 aliphatic carbocycles. The molecule has 16 aromatic rings. The van der Waals surface area contributed by atoms with Gasteiger partial charge in [0.1, 0.15) is 0 Å². The van der Waals surface area contributed by atoms with Crippen molar-refractivity contribution in [3.8, 4) is 44.5 Å². The third-order valence-electron chi connectivity index (χ3n) is 20.5. The second kappa shape index (κ2) is 30.9. The average molecular weight is 1750 g/mol. The first-order valence-corrected chi connectivity index (χ1v) is 39.1. The van der Waals surface area contributed by atoms with Gasteiger partial charge < -0.3 is 9.47 Å². The summed E-state index contributed by atoms with van der Waals surface area (Å²) in [5.41, 5.74) is 23.4. The maximum atomic E-state index is 12.8. The Bertz CT molecular complexity index is 5650. The minimum absolute atomic E-state index is 0.362. The molecule has 4 nitrogen and oxygen atoms in total. The van der Waals surface area contributed by atoms with Gasteiger partial charge in [0.25, 0.3) is 0 Å². The average Bonchev–Trinajstić information content (AvgIpc) is 0.762. The summed E-state index contributed by atoms with van der Waals surface area (Å²) in [6.45, 7) is 22.2. The summed E-state index contributed by atoms with van der Waals surface area (Å²) in [5.74, 6) is -0.974. The number of carbonyl (C=O) groups is 2. The fourth-order valence-corrected chi connectivity index (χ4v) is 19.2. The Morgan fingerprint density at radius 2 is 0.423 bits per heavy atom. The Morgan fingerprint density at radius 3 is 0.692 bits per heavy atom. The predicted octanol–water partition coefficient (Wildman–Crippen LogP) is 29.9. The van der Waals surface area contributed by atoms with Crippen molar-refractivity contribution in [3.05, 3.63) is 324 Å². The largest absolute Gasteiger partial charge is 0.465 e. The summed E-state index contributed by atoms with van der Waals surface area (Å²) >= 11 is 22.2. The monoisotopic (exact) mass is 1740 g/mol. The van der Waals surface area contributed by atoms with Crippen LogP contribution in [-0.4, -0.2) is 26.2 Å². The molecule has 0 amide bonds. The van der Waals surface area contributed by atoms with Crippen LogP contribution >= 0.6 is 95.6 Å². The van der Waals surface area contributed by atoms with E-state index in [9.17, 15) is 9.59 Å². The molecule has 16 rings (SSSR count). The second-order valence-electron chi connectivity index (χ2n) is 26.7. The van der Waals surface area contributed by atoms with Crippen LogP contribution in [0.2, 0.25) is 0 Å². The Balaban J connectivity index is 0.000000124. The molecule has 0 saturated carbocycles. The van der Waals surface area contributed by atoms with E-state index in [1.165, 1.54) is 177 Å². The van der Waals surface area contributed by atoms with Crippen LogP contribution in [0, 0.1) is 69.2 Å². The molecule has 0 aliphatic heterocycles. The molecule has 516 valence electrons. The number of benzene rings is 16. The van der Waals surface area contributed by atoms with Crippen LogP contribution in [0.25, 0.3) is 131 Å². The molecular weight excluding hydrogens is 1670 g/mol. The molecule has 0 fully saturated rings. The highest BCUT2D eigenvalue weighted by Gasteiger charge is 2.28. The Labute approximate surface area is 658 Å². The van der Waals surface area contributed by atoms with Gasteiger partial charge in [0.05, 0.1) is 25.3 Å². The fourth-order valence-electron chi connectivity index (χ4n) is 15.4. The van der Waals surface area contributed by atoms with E-state index in [0.717, 1.165) is 39.4 Å². The normalized spacial score (nSPS) is 11.2. The highest BCUT2D eigenvalue weighted by atomic mass is 79.9. The first-order chi connectivity index (χ1) is 50.1. The van der Waals surface area contributed by atoms with E-state index in [1.54, 1.807) is 12.1 Å². The second-order valence-corrected chi connectivity index (χ2v) is 31.7. The predicted molar refractivity (Wildman–Crippen MR) is 464 cm³/mol. The van der Waals surface area contributed by atoms with E-state index < -0.39 is 11.9 Å². The molecule has 0 unspecified atom stereocenters. The van der Waals surface area contributed by atoms with Gasteiger partial charge in [-0.3, -0.25) is 0 Å². The van der Waals surface area contributed by atoms with Gasteiger partial charge in [-0.25, -0.2) is 9.59 Å². The molecule has 104 heavy (non-hydrogen) atoms. The number of hydrogen-bond donors (Lipinski definition) is 0. The number of esters is 2. The molecule has 0 atom stereocenters. The molecule has 0 spiro atoms. The molecule has 0 aromatic heterocycles. The number of carbonyl (C=O) groups excluding carboxylic acids is 2. The third-order valence-corrected chi connectivity index (χ3v) is 25.1. The Kier molecular flexibility index (Phi) is 21.9. The number of hydrogen-bond acceptors (Lipinski definition) is 4. The van der Waals surface area contributed by atoms with E-state index in [-0.39, 0.29) is 0 Å². The number of aryl methyl sites for hydroxylation is 6. The van der Waals surface area contributed by atoms with Gasteiger partial charge in [0, 0.05) is 38.0 Å². The van der Waals surface area contributed by atoms with Gasteiger partial charge in [0.15, 0.2) is 0 Å². The lowest BCUT2D eigenvalue weighted by Crippen LogP contribution is -2.09. The number of methoxy groups -OCH3 is 2. The van der Waals surface area contributed by atoms with E-state index in [4.69, 9.17) is 9.47 Å². The maximum absolute atomic E-state index is 12.8. The van der Waals surface area contributed by atoms with Crippen molar-refractivity contribution in [2.24, 2.45) is 0 Å². The zero-order valence-electron chi connectivity index (χ0n) is 59.8. The van der Waals surface area contributed by atoms with Gasteiger partial charge in [-0.05, 0) is 301 Å². The zero-order valence-corrected chi connectivity index (χ0v) is 69.4. The first kappa shape index (κ1) is 73.7. The number of rotatable bonds is 6. The number of ether oxygens (including phenoxy) is 2. The quantitative estimate of drug-likeness (QED) is 0.156. The highest BCUT2D eigenvalue weighted by molar-refractivity contribution is 9.11. The standard InChI is InChI=1S/C24H16Br2O4.C24H20Br2.C24H22.C22H16Br2/c1-29-23(27)17-11-19(25)13-7-3-5-9-15(13)21(17)22-16-10-6-4-8-14(16)20(26)12-18(22)24(28)30-2;1-13-15(3)23(25)19-11-7-5-9-17(19)21(13)22-14(2)16(4)24(26)20-12-8-6-10-18(20)22;1-15-13-17(3)23(21-11-7-5-9-19(15)21)24-18(4)14-16(2)20-10-6-8-12-22(20)24;1-13-11-19(23)15-7-3-5-9-17(15)21(13)22-14(2)12-20(24)16-8-4-6-10-18(16)22/h3-12H,1-2H3;5-12H,1-4H3;5-14H,1-4H3;3-12H,1-2H3. The Morgan fingerprint density at radius 1 is 0.221 bits per heavy atom. The zero-order chi connectivity index (χ0) is 73.7. The van der Waals surface area contributed by atoms with Crippen molar-refractivity contribution >= 4 is 194 Å². The van der Waals surface area contributed by atoms with Gasteiger partial charge in [0.2, 0.25) is 0 Å². The van der Waals surface area contributed by atoms with E-state index in [2.05, 4.69) is 335 Å². The molecule has 0 aliphatic rings. The van der Waals surface area contributed by atoms with Crippen LogP contribution in [0.1, 0.15) is 76.4 Å². The van der Waals surface area contributed by atoms with E-state index >= 15 is 0 Å². The highest BCUT2D eigenvalue weighted by Crippen LogP contribution is 2.49. The molecule has 0 N–H and O–H groups in total. The summed E-state index contributed by atoms with van der Waals surface area (Å²) < 4.78 is 16.4. The summed E-state index contributed by atoms with van der Waals surface area (Å²) in [6.07, 6.45) is 0. The van der Waals surface area contributed by atoms with Crippen molar-refractivity contribution in [2.75, 3.05) is 14.2 Å². The topological polar surface area (TPSA) is 52.6 Å². The van der Waals surface area contributed by atoms with Crippen molar-refractivity contribution in [1.82, 2.24) is 0 Å². The van der Waals surface area contributed by atoms with Crippen molar-refractivity contribution in [2.45, 2.75) is 69.2 Å². The maximum Gasteiger partial charge on any atom is 0.338 e. The van der Waals surface area contributed by atoms with Crippen LogP contribution in [0.5, 0.6) is 0 Å². The number of halogens is 6. The molecule has 0 radical (unpaired) electrons. The van der Waals surface area contributed by atoms with Crippen LogP contribution in [0.4, 0.5) is 0 Å². The van der Waals surface area contributed by atoms with Crippen molar-refractivity contribution < 1.29 is 19.1 Å². The van der Waals surface area contributed by atoms with Crippen LogP contribution < -0.4 is 0 Å². The SMILES string of the molecule is COC(=O)c1cc(Br)c2ccccc2c1-c1c(C(=O)OC)cc(Br)c2ccccc12.Cc1c(C)c(-c2c(C)c(C)c(Br)c3ccccc23)c2ccccc2c1Br.Cc1cc(Br)c2ccccc2c1-c1c(C)cc(Br)c2ccccc12.Cc1cc(C)c2ccccc2c1-c1c(C)cc(C)c2ccccc12. The lowest BCUT2D eigenvalue weighted by atomic mass is 9.84. The minimum Gasteiger partial charge on any atom is -0.465 e. The smallest absolute Gasteiger partial charge is 0.338 e. The van der Waals surface area contributed by atoms with Crippen molar-refractivity contribution in [3.63, 3.8) is 0 Å². The summed E-state index contributed by atoms with van der Waals surface area (Å²) in [7, 11) is 2.69. The van der Waals surface area contributed by atoms with E-state index in [1.807, 2.05) is 48.5 Å². The Hall–Kier alpha value is -8.58. The summed E-state index contributed by atoms with van der Waals surface area (Å²) in [6, 6.07) is 80.2. The van der Waals surface area contributed by atoms with Crippen molar-refractivity contribution in [1.29, 1.82) is 0 Å². The lowest BCUT2D eigenvalue weighted by molar-refractivity contribution is 0.0590. The summed E-state index contributed by atoms with van der Waals surface area (Å²) in [5, 5.41) is 19.1. The van der Waals surface area contributed by atoms with Gasteiger partial charge in [-0.15, -0.1) is 0 Å². The number of fused-ring (bicyclic) bond motifs is 8. The van der Waals surface area contributed by atoms with Crippen LogP contribution in [-0.2, 0) is 9.47 Å². The molecule has 16 aromatic carbocycles. The van der Waals surface area contributed by atoms with Gasteiger partial charge >= 0.3 is 11.9 Å². The summed E-state index contributed by atoms with van der Waals surface area (Å²) in [4.78, 5) is 25.6. The first-order valence-electron chi connectivity index (χ1n) is 34.3. The third kappa shape index (κ3) is 13.5. The molecule has 0 saturated heterocycles. The molecular formula is C94H74Br6O4. The van der Waals surface area contributed by atoms with E-state index in [0.29, 0.717) is 22.3 Å². The minimum atomic E-state index is -0.487. The molecule has 0 bridgehead atoms. The molecule has 10 heteroatoms. The van der Waals surface area contributed by atoms with Crippen LogP contribution in [0.3, 0.4) is 0 Å². The molecule has 0 heterocycles. The van der Waals surface area contributed by atoms with Gasteiger partial charge in [-0.2, -0.15) is 0 Å². The fraction of sp³-hybridized carbons (Fsp3) is 0.128. The van der Waals surface area contributed by atoms with Crippen LogP contribution in [0.15, 0.2) is 257 Å².